The van der Waals surface area contributed by atoms with E-state index in [-0.39, 0.29) is 5.91 Å². The monoisotopic (exact) mass is 473 g/mol. The first-order chi connectivity index (χ1) is 17.3. The summed E-state index contributed by atoms with van der Waals surface area (Å²) in [6.45, 7) is 6.16. The van der Waals surface area contributed by atoms with Gasteiger partial charge in [0.1, 0.15) is 5.69 Å². The second kappa shape index (κ2) is 9.71. The highest BCUT2D eigenvalue weighted by Crippen LogP contribution is 2.40. The molecule has 0 bridgehead atoms. The number of nitrogens with one attached hydrogen (secondary N) is 1. The Kier molecular flexibility index (Phi) is 6.14. The Hall–Kier alpha value is -3.36. The van der Waals surface area contributed by atoms with Crippen molar-refractivity contribution >= 4 is 23.0 Å². The van der Waals surface area contributed by atoms with Gasteiger partial charge in [0.2, 0.25) is 0 Å². The van der Waals surface area contributed by atoms with Gasteiger partial charge in [0.25, 0.3) is 5.91 Å². The topological polar surface area (TPSA) is 71.9 Å². The zero-order chi connectivity index (χ0) is 23.6. The quantitative estimate of drug-likeness (QED) is 0.589. The summed E-state index contributed by atoms with van der Waals surface area (Å²) in [6.07, 6.45) is 2.27. The minimum Gasteiger partial charge on any atom is -0.378 e. The van der Waals surface area contributed by atoms with Gasteiger partial charge in [-0.2, -0.15) is 5.10 Å². The Bertz CT molecular complexity index is 1180. The van der Waals surface area contributed by atoms with Crippen LogP contribution >= 0.6 is 0 Å². The molecule has 0 radical (unpaired) electrons. The third-order valence-electron chi connectivity index (χ3n) is 6.91. The van der Waals surface area contributed by atoms with E-state index in [2.05, 4.69) is 27.2 Å². The van der Waals surface area contributed by atoms with E-state index in [1.165, 1.54) is 0 Å². The zero-order valence-electron chi connectivity index (χ0n) is 19.9. The van der Waals surface area contributed by atoms with Gasteiger partial charge in [-0.1, -0.05) is 18.2 Å². The molecule has 1 saturated carbocycles. The highest BCUT2D eigenvalue weighted by molar-refractivity contribution is 6.05. The first-order valence-electron chi connectivity index (χ1n) is 12.5. The van der Waals surface area contributed by atoms with E-state index < -0.39 is 0 Å². The van der Waals surface area contributed by atoms with Crippen LogP contribution in [0, 0.1) is 0 Å². The van der Waals surface area contributed by atoms with Crippen molar-refractivity contribution in [2.75, 3.05) is 67.7 Å². The summed E-state index contributed by atoms with van der Waals surface area (Å²) in [5.74, 6) is 0.310. The lowest BCUT2D eigenvalue weighted by Gasteiger charge is -2.33. The van der Waals surface area contributed by atoms with Crippen LogP contribution in [0.25, 0.3) is 5.69 Å². The van der Waals surface area contributed by atoms with Crippen LogP contribution in [0.3, 0.4) is 0 Å². The second-order valence-electron chi connectivity index (χ2n) is 9.33. The summed E-state index contributed by atoms with van der Waals surface area (Å²) in [6, 6.07) is 18.1. The third-order valence-corrected chi connectivity index (χ3v) is 6.91. The van der Waals surface area contributed by atoms with Gasteiger partial charge in [0, 0.05) is 37.8 Å². The number of benzene rings is 2. The number of aromatic nitrogens is 2. The van der Waals surface area contributed by atoms with Gasteiger partial charge >= 0.3 is 0 Å². The molecule has 0 unspecified atom stereocenters. The van der Waals surface area contributed by atoms with Gasteiger partial charge in [-0.3, -0.25) is 4.79 Å². The molecule has 8 nitrogen and oxygen atoms in total. The molecule has 6 rings (SSSR count). The maximum absolute atomic E-state index is 13.6. The minimum absolute atomic E-state index is 0.151. The fraction of sp³-hybridized carbons (Fsp3) is 0.407. The van der Waals surface area contributed by atoms with Crippen molar-refractivity contribution in [3.05, 3.63) is 66.0 Å². The SMILES string of the molecule is O=C(Nc1ccc(N2CCOCC2)cc1N1CCOCC1)c1cc(C2CC2)nn1-c1ccccc1. The molecule has 3 heterocycles. The maximum atomic E-state index is 13.6. The van der Waals surface area contributed by atoms with E-state index in [4.69, 9.17) is 14.6 Å². The number of ether oxygens (including phenoxy) is 2. The molecule has 1 aliphatic carbocycles. The molecule has 0 spiro atoms. The summed E-state index contributed by atoms with van der Waals surface area (Å²) in [5, 5.41) is 8.01. The number of anilines is 3. The number of para-hydroxylation sites is 1. The van der Waals surface area contributed by atoms with E-state index >= 15 is 0 Å². The third kappa shape index (κ3) is 4.76. The Balaban J connectivity index is 1.32. The average Bonchev–Trinajstić information content (AvgIpc) is 3.68. The largest absolute Gasteiger partial charge is 0.378 e. The van der Waals surface area contributed by atoms with Gasteiger partial charge in [-0.05, 0) is 49.2 Å². The first kappa shape index (κ1) is 22.1. The van der Waals surface area contributed by atoms with Gasteiger partial charge in [-0.25, -0.2) is 4.68 Å². The molecule has 1 N–H and O–H groups in total. The standard InChI is InChI=1S/C27H31N5O3/c33-27(26-19-24(20-6-7-20)29-32(26)21-4-2-1-3-5-21)28-23-9-8-22(30-10-14-34-15-11-30)18-25(23)31-12-16-35-17-13-31/h1-5,8-9,18-20H,6-7,10-17H2,(H,28,33). The molecule has 2 aromatic carbocycles. The number of hydrogen-bond acceptors (Lipinski definition) is 6. The molecule has 3 fully saturated rings. The minimum atomic E-state index is -0.151. The van der Waals surface area contributed by atoms with E-state index in [1.54, 1.807) is 4.68 Å². The second-order valence-corrected chi connectivity index (χ2v) is 9.33. The number of hydrogen-bond donors (Lipinski definition) is 1. The van der Waals surface area contributed by atoms with Crippen molar-refractivity contribution < 1.29 is 14.3 Å². The van der Waals surface area contributed by atoms with E-state index in [9.17, 15) is 4.79 Å². The molecule has 182 valence electrons. The van der Waals surface area contributed by atoms with Crippen molar-refractivity contribution in [2.24, 2.45) is 0 Å². The van der Waals surface area contributed by atoms with Gasteiger partial charge < -0.3 is 24.6 Å². The van der Waals surface area contributed by atoms with Crippen molar-refractivity contribution in [1.29, 1.82) is 0 Å². The fourth-order valence-electron chi connectivity index (χ4n) is 4.80. The van der Waals surface area contributed by atoms with Gasteiger partial charge in [-0.15, -0.1) is 0 Å². The van der Waals surface area contributed by atoms with Gasteiger partial charge in [0.15, 0.2) is 0 Å². The molecule has 2 aliphatic heterocycles. The van der Waals surface area contributed by atoms with Crippen LogP contribution < -0.4 is 15.1 Å². The van der Waals surface area contributed by atoms with Crippen molar-refractivity contribution in [3.8, 4) is 5.69 Å². The Morgan fingerprint density at radius 3 is 2.20 bits per heavy atom. The molecular formula is C27H31N5O3. The molecule has 3 aliphatic rings. The molecule has 1 aromatic heterocycles. The average molecular weight is 474 g/mol. The van der Waals surface area contributed by atoms with E-state index in [1.807, 2.05) is 42.5 Å². The van der Waals surface area contributed by atoms with Crippen LogP contribution in [0.5, 0.6) is 0 Å². The predicted molar refractivity (Wildman–Crippen MR) is 136 cm³/mol. The van der Waals surface area contributed by atoms with Crippen LogP contribution in [0.4, 0.5) is 17.1 Å². The number of morpholine rings is 2. The lowest BCUT2D eigenvalue weighted by Crippen LogP contribution is -2.38. The number of rotatable bonds is 6. The summed E-state index contributed by atoms with van der Waals surface area (Å²) < 4.78 is 12.9. The Morgan fingerprint density at radius 2 is 1.51 bits per heavy atom. The Morgan fingerprint density at radius 1 is 0.829 bits per heavy atom. The molecule has 1 amide bonds. The summed E-state index contributed by atoms with van der Waals surface area (Å²) in [7, 11) is 0. The first-order valence-corrected chi connectivity index (χ1v) is 12.5. The summed E-state index contributed by atoms with van der Waals surface area (Å²) >= 11 is 0. The molecular weight excluding hydrogens is 442 g/mol. The maximum Gasteiger partial charge on any atom is 0.274 e. The van der Waals surface area contributed by atoms with Crippen LogP contribution in [0.15, 0.2) is 54.6 Å². The molecule has 35 heavy (non-hydrogen) atoms. The summed E-state index contributed by atoms with van der Waals surface area (Å²) in [4.78, 5) is 18.3. The number of carbonyl (C=O) groups is 1. The van der Waals surface area contributed by atoms with Crippen LogP contribution in [0.1, 0.15) is 34.9 Å². The normalized spacial score (nSPS) is 18.5. The van der Waals surface area contributed by atoms with Crippen LogP contribution in [-0.2, 0) is 9.47 Å². The van der Waals surface area contributed by atoms with Crippen LogP contribution in [0.2, 0.25) is 0 Å². The molecule has 2 saturated heterocycles. The van der Waals surface area contributed by atoms with Crippen molar-refractivity contribution in [1.82, 2.24) is 9.78 Å². The van der Waals surface area contributed by atoms with Gasteiger partial charge in [0.05, 0.1) is 49.2 Å². The molecule has 0 atom stereocenters. The summed E-state index contributed by atoms with van der Waals surface area (Å²) in [5.41, 5.74) is 5.43. The Labute approximate surface area is 205 Å². The lowest BCUT2D eigenvalue weighted by molar-refractivity contribution is 0.101. The smallest absolute Gasteiger partial charge is 0.274 e. The number of carbonyl (C=O) groups excluding carboxylic acids is 1. The fourth-order valence-corrected chi connectivity index (χ4v) is 4.80. The molecule has 3 aromatic rings. The van der Waals surface area contributed by atoms with E-state index in [0.29, 0.717) is 24.8 Å². The van der Waals surface area contributed by atoms with Crippen molar-refractivity contribution in [2.45, 2.75) is 18.8 Å². The lowest BCUT2D eigenvalue weighted by atomic mass is 10.1. The number of nitrogens with zero attached hydrogens (tertiary/aromatic N) is 4. The van der Waals surface area contributed by atoms with E-state index in [0.717, 1.165) is 80.7 Å². The zero-order valence-corrected chi connectivity index (χ0v) is 19.9. The highest BCUT2D eigenvalue weighted by atomic mass is 16.5. The molecule has 8 heteroatoms. The highest BCUT2D eigenvalue weighted by Gasteiger charge is 2.29. The van der Waals surface area contributed by atoms with Crippen molar-refractivity contribution in [3.63, 3.8) is 0 Å². The van der Waals surface area contributed by atoms with Crippen LogP contribution in [-0.4, -0.2) is 68.3 Å². The predicted octanol–water partition coefficient (Wildman–Crippen LogP) is 3.68. The number of amides is 1.